The van der Waals surface area contributed by atoms with Crippen molar-refractivity contribution in [3.63, 3.8) is 0 Å². The first kappa shape index (κ1) is 12.0. The molecule has 0 bridgehead atoms. The van der Waals surface area contributed by atoms with E-state index in [1.54, 1.807) is 0 Å². The number of hydrogen-bond donors (Lipinski definition) is 0. The Morgan fingerprint density at radius 3 is 1.23 bits per heavy atom. The van der Waals surface area contributed by atoms with Crippen LogP contribution >= 0.6 is 0 Å². The largest absolute Gasteiger partial charge is 0.367 e. The van der Waals surface area contributed by atoms with Crippen molar-refractivity contribution in [1.82, 2.24) is 0 Å². The third-order valence-electron chi connectivity index (χ3n) is 0.868. The van der Waals surface area contributed by atoms with Gasteiger partial charge in [-0.15, -0.1) is 0 Å². The summed E-state index contributed by atoms with van der Waals surface area (Å²) in [5.41, 5.74) is 0. The molecule has 0 aromatic rings. The minimum absolute atomic E-state index is 1.23. The van der Waals surface area contributed by atoms with Gasteiger partial charge in [0.2, 0.25) is 0 Å². The van der Waals surface area contributed by atoms with Gasteiger partial charge in [-0.25, -0.2) is 8.78 Å². The van der Waals surface area contributed by atoms with Crippen molar-refractivity contribution in [1.29, 1.82) is 0 Å². The highest BCUT2D eigenvalue weighted by atomic mass is 19.3. The normalized spacial score (nSPS) is 9.69. The molecule has 1 nitrogen and oxygen atoms in total. The van der Waals surface area contributed by atoms with Crippen LogP contribution in [0.25, 0.3) is 0 Å². The van der Waals surface area contributed by atoms with Gasteiger partial charge < -0.3 is 4.74 Å². The number of halogens is 6. The van der Waals surface area contributed by atoms with E-state index in [1.165, 1.54) is 0 Å². The third kappa shape index (κ3) is 5.29. The Bertz CT molecular complexity index is 201. The maximum atomic E-state index is 11.9. The highest BCUT2D eigenvalue weighted by Gasteiger charge is 2.08. The molecular weight excluding hydrogens is 202 g/mol. The summed E-state index contributed by atoms with van der Waals surface area (Å²) in [6.45, 7) is -2.47. The van der Waals surface area contributed by atoms with Crippen molar-refractivity contribution >= 4 is 0 Å². The molecule has 0 aliphatic heterocycles. The first-order valence-electron chi connectivity index (χ1n) is 2.92. The standard InChI is InChI=1S/C6H4F6O/c7-3(5(9)10)1-13-2-4(8)6(11)12/h1-2H2. The summed E-state index contributed by atoms with van der Waals surface area (Å²) in [6, 6.07) is 0. The molecule has 0 aromatic heterocycles. The molecule has 0 spiro atoms. The van der Waals surface area contributed by atoms with E-state index in [1.807, 2.05) is 0 Å². The van der Waals surface area contributed by atoms with Crippen LogP contribution in [0, 0.1) is 0 Å². The van der Waals surface area contributed by atoms with Crippen LogP contribution < -0.4 is 0 Å². The van der Waals surface area contributed by atoms with E-state index in [9.17, 15) is 26.3 Å². The summed E-state index contributed by atoms with van der Waals surface area (Å²) in [6.07, 6.45) is -5.24. The predicted octanol–water partition coefficient (Wildman–Crippen LogP) is 3.16. The van der Waals surface area contributed by atoms with Crippen LogP contribution in [0.4, 0.5) is 26.3 Å². The molecule has 13 heavy (non-hydrogen) atoms. The minimum atomic E-state index is -2.62. The lowest BCUT2D eigenvalue weighted by Gasteiger charge is -1.98. The lowest BCUT2D eigenvalue weighted by molar-refractivity contribution is 0.137. The van der Waals surface area contributed by atoms with Crippen LogP contribution in [0.1, 0.15) is 0 Å². The highest BCUT2D eigenvalue weighted by molar-refractivity contribution is 4.94. The fourth-order valence-electron chi connectivity index (χ4n) is 0.339. The second-order valence-corrected chi connectivity index (χ2v) is 1.82. The monoisotopic (exact) mass is 206 g/mol. The Labute approximate surface area is 69.3 Å². The molecule has 0 heterocycles. The molecule has 0 saturated carbocycles. The van der Waals surface area contributed by atoms with Gasteiger partial charge in [0.05, 0.1) is 0 Å². The molecule has 76 valence electrons. The van der Waals surface area contributed by atoms with Crippen molar-refractivity contribution in [3.8, 4) is 0 Å². The fraction of sp³-hybridized carbons (Fsp3) is 0.333. The van der Waals surface area contributed by atoms with E-state index in [4.69, 9.17) is 0 Å². The van der Waals surface area contributed by atoms with Crippen LogP contribution in [-0.4, -0.2) is 13.2 Å². The van der Waals surface area contributed by atoms with E-state index in [2.05, 4.69) is 4.74 Å². The average molecular weight is 206 g/mol. The molecule has 0 amide bonds. The van der Waals surface area contributed by atoms with E-state index < -0.39 is 37.0 Å². The molecule has 0 saturated heterocycles. The van der Waals surface area contributed by atoms with Gasteiger partial charge in [0.1, 0.15) is 13.2 Å². The maximum absolute atomic E-state index is 11.9. The Hall–Kier alpha value is -0.980. The summed E-state index contributed by atoms with van der Waals surface area (Å²) >= 11 is 0. The molecule has 0 fully saturated rings. The summed E-state index contributed by atoms with van der Waals surface area (Å²) < 4.78 is 72.7. The summed E-state index contributed by atoms with van der Waals surface area (Å²) in [7, 11) is 0. The Kier molecular flexibility index (Phi) is 5.20. The number of hydrogen-bond acceptors (Lipinski definition) is 1. The summed E-state index contributed by atoms with van der Waals surface area (Å²) in [5.74, 6) is -3.82. The van der Waals surface area contributed by atoms with Gasteiger partial charge in [0.15, 0.2) is 11.7 Å². The first-order valence-corrected chi connectivity index (χ1v) is 2.92. The molecule has 0 atom stereocenters. The van der Waals surface area contributed by atoms with Gasteiger partial charge in [0, 0.05) is 0 Å². The van der Waals surface area contributed by atoms with Gasteiger partial charge in [-0.05, 0) is 0 Å². The van der Waals surface area contributed by atoms with Gasteiger partial charge in [-0.1, -0.05) is 0 Å². The first-order chi connectivity index (χ1) is 5.95. The van der Waals surface area contributed by atoms with Crippen molar-refractivity contribution in [3.05, 3.63) is 23.8 Å². The minimum Gasteiger partial charge on any atom is -0.367 e. The third-order valence-corrected chi connectivity index (χ3v) is 0.868. The van der Waals surface area contributed by atoms with Crippen LogP contribution in [0.2, 0.25) is 0 Å². The van der Waals surface area contributed by atoms with Gasteiger partial charge in [0.25, 0.3) is 0 Å². The fourth-order valence-corrected chi connectivity index (χ4v) is 0.339. The van der Waals surface area contributed by atoms with Crippen LogP contribution in [0.5, 0.6) is 0 Å². The number of ether oxygens (including phenoxy) is 1. The molecule has 0 radical (unpaired) electrons. The topological polar surface area (TPSA) is 9.23 Å². The van der Waals surface area contributed by atoms with E-state index in [-0.39, 0.29) is 0 Å². The van der Waals surface area contributed by atoms with Gasteiger partial charge in [-0.2, -0.15) is 17.6 Å². The maximum Gasteiger partial charge on any atom is 0.303 e. The zero-order valence-electron chi connectivity index (χ0n) is 6.09. The van der Waals surface area contributed by atoms with Crippen molar-refractivity contribution < 1.29 is 31.1 Å². The number of rotatable bonds is 4. The second kappa shape index (κ2) is 5.63. The highest BCUT2D eigenvalue weighted by Crippen LogP contribution is 2.12. The van der Waals surface area contributed by atoms with E-state index in [0.717, 1.165) is 0 Å². The smallest absolute Gasteiger partial charge is 0.303 e. The van der Waals surface area contributed by atoms with Crippen LogP contribution in [0.15, 0.2) is 23.8 Å². The van der Waals surface area contributed by atoms with Gasteiger partial charge >= 0.3 is 12.2 Å². The Morgan fingerprint density at radius 2 is 1.00 bits per heavy atom. The van der Waals surface area contributed by atoms with Crippen LogP contribution in [-0.2, 0) is 4.74 Å². The molecule has 0 aromatic carbocycles. The lowest BCUT2D eigenvalue weighted by atomic mass is 10.6. The molecule has 0 rings (SSSR count). The van der Waals surface area contributed by atoms with Crippen molar-refractivity contribution in [2.24, 2.45) is 0 Å². The van der Waals surface area contributed by atoms with Gasteiger partial charge in [-0.3, -0.25) is 0 Å². The predicted molar refractivity (Wildman–Crippen MR) is 31.5 cm³/mol. The SMILES string of the molecule is FC(F)=C(F)COCC(F)=C(F)F. The molecule has 7 heteroatoms. The molecule has 0 aliphatic carbocycles. The zero-order chi connectivity index (χ0) is 10.4. The summed E-state index contributed by atoms with van der Waals surface area (Å²) in [5, 5.41) is 0. The quantitative estimate of drug-likeness (QED) is 0.642. The Balaban J connectivity index is 3.83. The van der Waals surface area contributed by atoms with Crippen molar-refractivity contribution in [2.45, 2.75) is 0 Å². The van der Waals surface area contributed by atoms with E-state index >= 15 is 0 Å². The molecule has 0 aliphatic rings. The van der Waals surface area contributed by atoms with E-state index in [0.29, 0.717) is 0 Å². The Morgan fingerprint density at radius 1 is 0.692 bits per heavy atom. The zero-order valence-corrected chi connectivity index (χ0v) is 6.09. The molecule has 0 N–H and O–H groups in total. The summed E-state index contributed by atoms with van der Waals surface area (Å²) in [4.78, 5) is 0. The lowest BCUT2D eigenvalue weighted by Crippen LogP contribution is -1.99. The molecule has 0 unspecified atom stereocenters. The molecular formula is C6H4F6O. The average Bonchev–Trinajstić information content (AvgIpc) is 2.03. The second-order valence-electron chi connectivity index (χ2n) is 1.82. The van der Waals surface area contributed by atoms with Crippen molar-refractivity contribution in [2.75, 3.05) is 13.2 Å². The van der Waals surface area contributed by atoms with Crippen LogP contribution in [0.3, 0.4) is 0 Å².